The first-order chi connectivity index (χ1) is 12.1. The lowest BCUT2D eigenvalue weighted by molar-refractivity contribution is 0.102. The summed E-state index contributed by atoms with van der Waals surface area (Å²) in [5.41, 5.74) is 2.00. The van der Waals surface area contributed by atoms with Gasteiger partial charge in [0.25, 0.3) is 5.91 Å². The van der Waals surface area contributed by atoms with E-state index in [2.05, 4.69) is 22.1 Å². The molecule has 25 heavy (non-hydrogen) atoms. The number of rotatable bonds is 8. The number of nitrogens with zero attached hydrogens (tertiary/aromatic N) is 2. The summed E-state index contributed by atoms with van der Waals surface area (Å²) in [7, 11) is 5.13. The maximum absolute atomic E-state index is 12.6. The summed E-state index contributed by atoms with van der Waals surface area (Å²) in [5, 5.41) is 2.86. The van der Waals surface area contributed by atoms with E-state index in [1.54, 1.807) is 44.8 Å². The van der Waals surface area contributed by atoms with Crippen molar-refractivity contribution < 1.29 is 14.3 Å². The number of hydrogen-bond donors (Lipinski definition) is 1. The number of pyridine rings is 1. The fraction of sp³-hybridized carbons (Fsp3) is 0.368. The van der Waals surface area contributed by atoms with Gasteiger partial charge < -0.3 is 19.7 Å². The molecule has 134 valence electrons. The fourth-order valence-electron chi connectivity index (χ4n) is 2.38. The van der Waals surface area contributed by atoms with Crippen LogP contribution in [0.25, 0.3) is 0 Å². The van der Waals surface area contributed by atoms with E-state index in [0.717, 1.165) is 25.1 Å². The van der Waals surface area contributed by atoms with Crippen molar-refractivity contribution in [3.05, 3.63) is 42.2 Å². The predicted molar refractivity (Wildman–Crippen MR) is 99.9 cm³/mol. The monoisotopic (exact) mass is 343 g/mol. The van der Waals surface area contributed by atoms with Crippen LogP contribution in [0.3, 0.4) is 0 Å². The fourth-order valence-corrected chi connectivity index (χ4v) is 2.38. The molecule has 1 aromatic carbocycles. The molecule has 0 bridgehead atoms. The summed E-state index contributed by atoms with van der Waals surface area (Å²) in [5.74, 6) is 0.967. The first kappa shape index (κ1) is 18.6. The van der Waals surface area contributed by atoms with Crippen molar-refractivity contribution >= 4 is 17.3 Å². The molecule has 1 N–H and O–H groups in total. The number of anilines is 2. The van der Waals surface area contributed by atoms with Gasteiger partial charge in [0, 0.05) is 25.9 Å². The van der Waals surface area contributed by atoms with Gasteiger partial charge in [-0.1, -0.05) is 13.3 Å². The third-order valence-corrected chi connectivity index (χ3v) is 3.93. The van der Waals surface area contributed by atoms with Crippen LogP contribution in [0.2, 0.25) is 0 Å². The van der Waals surface area contributed by atoms with Crippen molar-refractivity contribution in [3.8, 4) is 11.5 Å². The molecule has 6 nitrogen and oxygen atoms in total. The predicted octanol–water partition coefficient (Wildman–Crippen LogP) is 3.59. The van der Waals surface area contributed by atoms with E-state index in [0.29, 0.717) is 22.7 Å². The Kier molecular flexibility index (Phi) is 6.62. The third kappa shape index (κ3) is 4.86. The van der Waals surface area contributed by atoms with Crippen molar-refractivity contribution in [2.24, 2.45) is 0 Å². The molecular formula is C19H25N3O3. The van der Waals surface area contributed by atoms with Gasteiger partial charge in [-0.25, -0.2) is 0 Å². The first-order valence-electron chi connectivity index (χ1n) is 8.28. The minimum atomic E-state index is -0.235. The highest BCUT2D eigenvalue weighted by Gasteiger charge is 2.12. The van der Waals surface area contributed by atoms with E-state index in [9.17, 15) is 4.79 Å². The largest absolute Gasteiger partial charge is 0.497 e. The molecule has 0 aliphatic rings. The molecule has 0 radical (unpaired) electrons. The van der Waals surface area contributed by atoms with Crippen LogP contribution in [-0.2, 0) is 0 Å². The number of amides is 1. The molecular weight excluding hydrogens is 318 g/mol. The first-order valence-corrected chi connectivity index (χ1v) is 8.28. The SMILES string of the molecule is CCCCN(C)c1cncc(C(=O)Nc2ccc(OC)cc2OC)c1. The molecule has 0 fully saturated rings. The topological polar surface area (TPSA) is 63.7 Å². The van der Waals surface area contributed by atoms with Crippen LogP contribution in [0.1, 0.15) is 30.1 Å². The van der Waals surface area contributed by atoms with E-state index < -0.39 is 0 Å². The van der Waals surface area contributed by atoms with E-state index in [1.807, 2.05) is 13.1 Å². The average molecular weight is 343 g/mol. The number of hydrogen-bond acceptors (Lipinski definition) is 5. The molecule has 0 aliphatic carbocycles. The van der Waals surface area contributed by atoms with Gasteiger partial charge >= 0.3 is 0 Å². The summed E-state index contributed by atoms with van der Waals surface area (Å²) in [6, 6.07) is 7.09. The van der Waals surface area contributed by atoms with Crippen LogP contribution in [0, 0.1) is 0 Å². The van der Waals surface area contributed by atoms with E-state index in [1.165, 1.54) is 0 Å². The number of aromatic nitrogens is 1. The highest BCUT2D eigenvalue weighted by atomic mass is 16.5. The number of benzene rings is 1. The third-order valence-electron chi connectivity index (χ3n) is 3.93. The molecule has 2 aromatic rings. The number of carbonyl (C=O) groups excluding carboxylic acids is 1. The highest BCUT2D eigenvalue weighted by molar-refractivity contribution is 6.05. The van der Waals surface area contributed by atoms with Gasteiger partial charge in [-0.3, -0.25) is 9.78 Å². The molecule has 0 unspecified atom stereocenters. The number of unbranched alkanes of at least 4 members (excludes halogenated alkanes) is 1. The molecule has 1 amide bonds. The molecule has 0 aliphatic heterocycles. The minimum absolute atomic E-state index is 0.235. The van der Waals surface area contributed by atoms with Crippen LogP contribution in [-0.4, -0.2) is 38.7 Å². The Bertz CT molecular complexity index is 719. The quantitative estimate of drug-likeness (QED) is 0.793. The number of ether oxygens (including phenoxy) is 2. The molecule has 0 saturated carbocycles. The second-order valence-electron chi connectivity index (χ2n) is 5.73. The Morgan fingerprint density at radius 2 is 2.00 bits per heavy atom. The van der Waals surface area contributed by atoms with E-state index >= 15 is 0 Å². The van der Waals surface area contributed by atoms with Crippen molar-refractivity contribution in [3.63, 3.8) is 0 Å². The van der Waals surface area contributed by atoms with Crippen LogP contribution in [0.4, 0.5) is 11.4 Å². The zero-order valence-corrected chi connectivity index (χ0v) is 15.2. The second-order valence-corrected chi connectivity index (χ2v) is 5.73. The van der Waals surface area contributed by atoms with Crippen LogP contribution in [0.15, 0.2) is 36.7 Å². The van der Waals surface area contributed by atoms with Gasteiger partial charge in [0.05, 0.1) is 37.4 Å². The molecule has 0 saturated heterocycles. The summed E-state index contributed by atoms with van der Waals surface area (Å²) in [4.78, 5) is 18.9. The number of carbonyl (C=O) groups is 1. The van der Waals surface area contributed by atoms with Crippen molar-refractivity contribution in [1.29, 1.82) is 0 Å². The molecule has 6 heteroatoms. The highest BCUT2D eigenvalue weighted by Crippen LogP contribution is 2.29. The molecule has 2 rings (SSSR count). The Labute approximate surface area is 148 Å². The standard InChI is InChI=1S/C19H25N3O3/c1-5-6-9-22(2)15-10-14(12-20-13-15)19(23)21-17-8-7-16(24-3)11-18(17)25-4/h7-8,10-13H,5-6,9H2,1-4H3,(H,21,23). The van der Waals surface area contributed by atoms with Crippen molar-refractivity contribution in [2.45, 2.75) is 19.8 Å². The smallest absolute Gasteiger partial charge is 0.257 e. The second kappa shape index (κ2) is 8.92. The molecule has 0 spiro atoms. The minimum Gasteiger partial charge on any atom is -0.497 e. The van der Waals surface area contributed by atoms with Crippen LogP contribution in [0.5, 0.6) is 11.5 Å². The van der Waals surface area contributed by atoms with Gasteiger partial charge in [-0.15, -0.1) is 0 Å². The van der Waals surface area contributed by atoms with Crippen molar-refractivity contribution in [1.82, 2.24) is 4.98 Å². The Hall–Kier alpha value is -2.76. The van der Waals surface area contributed by atoms with Crippen molar-refractivity contribution in [2.75, 3.05) is 38.0 Å². The lowest BCUT2D eigenvalue weighted by Crippen LogP contribution is -2.20. The van der Waals surface area contributed by atoms with Gasteiger partial charge in [0.2, 0.25) is 0 Å². The molecule has 1 aromatic heterocycles. The van der Waals surface area contributed by atoms with E-state index in [4.69, 9.17) is 9.47 Å². The normalized spacial score (nSPS) is 10.2. The zero-order valence-electron chi connectivity index (χ0n) is 15.2. The Morgan fingerprint density at radius 3 is 2.68 bits per heavy atom. The van der Waals surface area contributed by atoms with Gasteiger partial charge in [0.15, 0.2) is 0 Å². The summed E-state index contributed by atoms with van der Waals surface area (Å²) >= 11 is 0. The number of nitrogens with one attached hydrogen (secondary N) is 1. The maximum Gasteiger partial charge on any atom is 0.257 e. The van der Waals surface area contributed by atoms with Crippen LogP contribution < -0.4 is 19.7 Å². The van der Waals surface area contributed by atoms with Gasteiger partial charge in [-0.2, -0.15) is 0 Å². The number of methoxy groups -OCH3 is 2. The molecule has 1 heterocycles. The lowest BCUT2D eigenvalue weighted by Gasteiger charge is -2.19. The van der Waals surface area contributed by atoms with Gasteiger partial charge in [0.1, 0.15) is 11.5 Å². The Morgan fingerprint density at radius 1 is 1.20 bits per heavy atom. The maximum atomic E-state index is 12.6. The Balaban J connectivity index is 2.16. The summed E-state index contributed by atoms with van der Waals surface area (Å²) < 4.78 is 10.5. The average Bonchev–Trinajstić information content (AvgIpc) is 2.66. The zero-order chi connectivity index (χ0) is 18.2. The lowest BCUT2D eigenvalue weighted by atomic mass is 10.2. The van der Waals surface area contributed by atoms with Crippen LogP contribution >= 0.6 is 0 Å². The summed E-state index contributed by atoms with van der Waals surface area (Å²) in [6.07, 6.45) is 5.54. The summed E-state index contributed by atoms with van der Waals surface area (Å²) in [6.45, 7) is 3.08. The van der Waals surface area contributed by atoms with Gasteiger partial charge in [-0.05, 0) is 24.6 Å². The van der Waals surface area contributed by atoms with E-state index in [-0.39, 0.29) is 5.91 Å². The molecule has 0 atom stereocenters.